The Kier molecular flexibility index (Phi) is 3.27. The van der Waals surface area contributed by atoms with Crippen molar-refractivity contribution < 1.29 is 14.3 Å². The average Bonchev–Trinajstić information content (AvgIpc) is 2.21. The van der Waals surface area contributed by atoms with Crippen molar-refractivity contribution in [3.8, 4) is 11.6 Å². The quantitative estimate of drug-likeness (QED) is 0.720. The number of nitrogens with zero attached hydrogens (tertiary/aromatic N) is 2. The van der Waals surface area contributed by atoms with Crippen LogP contribution < -0.4 is 20.5 Å². The zero-order valence-corrected chi connectivity index (χ0v) is 8.70. The van der Waals surface area contributed by atoms with Crippen LogP contribution >= 0.6 is 0 Å². The molecule has 1 heterocycles. The first kappa shape index (κ1) is 11.0. The third kappa shape index (κ3) is 2.46. The minimum atomic E-state index is -0.621. The second-order valence-electron chi connectivity index (χ2n) is 2.65. The molecule has 0 saturated heterocycles. The molecule has 0 saturated carbocycles. The van der Waals surface area contributed by atoms with Crippen LogP contribution in [0.5, 0.6) is 11.6 Å². The number of nitrogens with one attached hydrogen (secondary N) is 1. The van der Waals surface area contributed by atoms with Crippen LogP contribution in [0.1, 0.15) is 5.69 Å². The Hall–Kier alpha value is -2.05. The highest BCUT2D eigenvalue weighted by Gasteiger charge is 2.15. The fourth-order valence-corrected chi connectivity index (χ4v) is 0.957. The number of carbonyl (C=O) groups excluding carboxylic acids is 1. The lowest BCUT2D eigenvalue weighted by Gasteiger charge is -2.10. The first-order valence-electron chi connectivity index (χ1n) is 4.16. The zero-order chi connectivity index (χ0) is 11.4. The van der Waals surface area contributed by atoms with E-state index in [-0.39, 0.29) is 17.6 Å². The molecule has 7 nitrogen and oxygen atoms in total. The first-order valence-corrected chi connectivity index (χ1v) is 4.16. The summed E-state index contributed by atoms with van der Waals surface area (Å²) in [7, 11) is 2.85. The fourth-order valence-electron chi connectivity index (χ4n) is 0.957. The SMILES string of the molecule is CNC(=O)Oc1c(C)nc(N)nc1OC. The lowest BCUT2D eigenvalue weighted by atomic mass is 10.4. The van der Waals surface area contributed by atoms with Gasteiger partial charge in [-0.25, -0.2) is 9.78 Å². The zero-order valence-electron chi connectivity index (χ0n) is 8.70. The van der Waals surface area contributed by atoms with Crippen molar-refractivity contribution in [3.05, 3.63) is 5.69 Å². The predicted molar refractivity (Wildman–Crippen MR) is 52.8 cm³/mol. The standard InChI is InChI=1S/C8H12N4O3/c1-4-5(15-8(13)10-2)6(14-3)12-7(9)11-4/h1-3H3,(H,10,13)(H2,9,11,12). The van der Waals surface area contributed by atoms with Gasteiger partial charge in [0.15, 0.2) is 0 Å². The summed E-state index contributed by atoms with van der Waals surface area (Å²) in [6.07, 6.45) is -0.621. The molecule has 0 atom stereocenters. The molecule has 0 unspecified atom stereocenters. The van der Waals surface area contributed by atoms with Crippen molar-refractivity contribution >= 4 is 12.0 Å². The highest BCUT2D eigenvalue weighted by Crippen LogP contribution is 2.27. The van der Waals surface area contributed by atoms with E-state index >= 15 is 0 Å². The summed E-state index contributed by atoms with van der Waals surface area (Å²) in [6.45, 7) is 1.64. The molecule has 1 aromatic heterocycles. The molecule has 3 N–H and O–H groups in total. The molecule has 0 radical (unpaired) electrons. The maximum atomic E-state index is 11.0. The molecule has 0 bridgehead atoms. The van der Waals surface area contributed by atoms with Crippen molar-refractivity contribution in [1.82, 2.24) is 15.3 Å². The molecule has 0 aliphatic carbocycles. The van der Waals surface area contributed by atoms with Crippen molar-refractivity contribution in [3.63, 3.8) is 0 Å². The third-order valence-corrected chi connectivity index (χ3v) is 1.61. The van der Waals surface area contributed by atoms with Crippen molar-refractivity contribution in [2.45, 2.75) is 6.92 Å². The number of aryl methyl sites for hydroxylation is 1. The van der Waals surface area contributed by atoms with Crippen molar-refractivity contribution in [2.75, 3.05) is 19.9 Å². The average molecular weight is 212 g/mol. The minimum absolute atomic E-state index is 0.0635. The van der Waals surface area contributed by atoms with Gasteiger partial charge in [0.25, 0.3) is 5.88 Å². The summed E-state index contributed by atoms with van der Waals surface area (Å²) in [6, 6.07) is 0. The molecular formula is C8H12N4O3. The van der Waals surface area contributed by atoms with Crippen LogP contribution in [0.2, 0.25) is 0 Å². The Morgan fingerprint density at radius 1 is 1.47 bits per heavy atom. The Bertz CT molecular complexity index is 380. The van der Waals surface area contributed by atoms with Gasteiger partial charge in [0.1, 0.15) is 0 Å². The van der Waals surface area contributed by atoms with E-state index in [1.54, 1.807) is 6.92 Å². The van der Waals surface area contributed by atoms with E-state index in [1.807, 2.05) is 0 Å². The third-order valence-electron chi connectivity index (χ3n) is 1.61. The van der Waals surface area contributed by atoms with Gasteiger partial charge in [-0.1, -0.05) is 0 Å². The number of aromatic nitrogens is 2. The van der Waals surface area contributed by atoms with Crippen molar-refractivity contribution in [2.24, 2.45) is 0 Å². The number of ether oxygens (including phenoxy) is 2. The van der Waals surface area contributed by atoms with Gasteiger partial charge in [0.2, 0.25) is 11.7 Å². The summed E-state index contributed by atoms with van der Waals surface area (Å²) in [5, 5.41) is 2.30. The molecule has 0 fully saturated rings. The normalized spacial score (nSPS) is 9.53. The molecular weight excluding hydrogens is 200 g/mol. The van der Waals surface area contributed by atoms with Gasteiger partial charge in [-0.2, -0.15) is 4.98 Å². The highest BCUT2D eigenvalue weighted by atomic mass is 16.6. The van der Waals surface area contributed by atoms with Gasteiger partial charge >= 0.3 is 6.09 Å². The number of carbonyl (C=O) groups is 1. The number of nitrogen functional groups attached to an aromatic ring is 1. The number of rotatable bonds is 2. The monoisotopic (exact) mass is 212 g/mol. The summed E-state index contributed by atoms with van der Waals surface area (Å²) in [5.74, 6) is 0.350. The number of nitrogens with two attached hydrogens (primary N) is 1. The number of amides is 1. The van der Waals surface area contributed by atoms with E-state index in [9.17, 15) is 4.79 Å². The van der Waals surface area contributed by atoms with Crippen LogP contribution in [0.15, 0.2) is 0 Å². The predicted octanol–water partition coefficient (Wildman–Crippen LogP) is 0.0940. The fraction of sp³-hybridized carbons (Fsp3) is 0.375. The van der Waals surface area contributed by atoms with Gasteiger partial charge < -0.3 is 20.5 Å². The van der Waals surface area contributed by atoms with Gasteiger partial charge in [-0.15, -0.1) is 0 Å². The van der Waals surface area contributed by atoms with Crippen molar-refractivity contribution in [1.29, 1.82) is 0 Å². The van der Waals surface area contributed by atoms with E-state index in [0.29, 0.717) is 5.69 Å². The molecule has 82 valence electrons. The molecule has 15 heavy (non-hydrogen) atoms. The van der Waals surface area contributed by atoms with E-state index in [0.717, 1.165) is 0 Å². The smallest absolute Gasteiger partial charge is 0.412 e. The van der Waals surface area contributed by atoms with E-state index in [2.05, 4.69) is 15.3 Å². The topological polar surface area (TPSA) is 99.4 Å². The van der Waals surface area contributed by atoms with Crippen LogP contribution in [0.3, 0.4) is 0 Å². The lowest BCUT2D eigenvalue weighted by Crippen LogP contribution is -2.23. The second kappa shape index (κ2) is 4.45. The number of methoxy groups -OCH3 is 1. The summed E-state index contributed by atoms with van der Waals surface area (Å²) in [4.78, 5) is 18.6. The van der Waals surface area contributed by atoms with Crippen LogP contribution in [-0.2, 0) is 0 Å². The molecule has 7 heteroatoms. The molecule has 0 aromatic carbocycles. The maximum Gasteiger partial charge on any atom is 0.412 e. The molecule has 1 aromatic rings. The highest BCUT2D eigenvalue weighted by molar-refractivity contribution is 5.71. The summed E-state index contributed by atoms with van der Waals surface area (Å²) in [5.41, 5.74) is 5.84. The number of hydrogen-bond acceptors (Lipinski definition) is 6. The Morgan fingerprint density at radius 3 is 2.67 bits per heavy atom. The molecule has 1 amide bonds. The van der Waals surface area contributed by atoms with Gasteiger partial charge in [-0.3, -0.25) is 0 Å². The molecule has 0 spiro atoms. The van der Waals surface area contributed by atoms with E-state index < -0.39 is 6.09 Å². The van der Waals surface area contributed by atoms with Gasteiger partial charge in [0.05, 0.1) is 12.8 Å². The molecule has 0 aliphatic rings. The van der Waals surface area contributed by atoms with Gasteiger partial charge in [0, 0.05) is 7.05 Å². The van der Waals surface area contributed by atoms with Crippen LogP contribution in [0.25, 0.3) is 0 Å². The second-order valence-corrected chi connectivity index (χ2v) is 2.65. The van der Waals surface area contributed by atoms with E-state index in [4.69, 9.17) is 15.2 Å². The Labute approximate surface area is 86.6 Å². The maximum absolute atomic E-state index is 11.0. The first-order chi connectivity index (χ1) is 7.08. The largest absolute Gasteiger partial charge is 0.478 e. The molecule has 1 rings (SSSR count). The number of hydrogen-bond donors (Lipinski definition) is 2. The van der Waals surface area contributed by atoms with Gasteiger partial charge in [-0.05, 0) is 6.92 Å². The van der Waals surface area contributed by atoms with E-state index in [1.165, 1.54) is 14.2 Å². The minimum Gasteiger partial charge on any atom is -0.478 e. The lowest BCUT2D eigenvalue weighted by molar-refractivity contribution is 0.199. The summed E-state index contributed by atoms with van der Waals surface area (Å²) >= 11 is 0. The molecule has 0 aliphatic heterocycles. The Balaban J connectivity index is 3.09. The van der Waals surface area contributed by atoms with Crippen LogP contribution in [0, 0.1) is 6.92 Å². The number of anilines is 1. The van der Waals surface area contributed by atoms with Crippen LogP contribution in [-0.4, -0.2) is 30.2 Å². The van der Waals surface area contributed by atoms with Crippen LogP contribution in [0.4, 0.5) is 10.7 Å². The summed E-state index contributed by atoms with van der Waals surface area (Å²) < 4.78 is 9.83. The Morgan fingerprint density at radius 2 is 2.13 bits per heavy atom.